The molecule has 1 aliphatic rings. The number of nitriles is 1. The number of sulfonamides is 1. The molecule has 0 amide bonds. The Kier molecular flexibility index (Phi) is 7.36. The molecule has 7 nitrogen and oxygen atoms in total. The first-order valence-electron chi connectivity index (χ1n) is 11.2. The van der Waals surface area contributed by atoms with Crippen molar-refractivity contribution in [1.82, 2.24) is 4.90 Å². The molecule has 0 bridgehead atoms. The van der Waals surface area contributed by atoms with Crippen LogP contribution in [-0.4, -0.2) is 44.7 Å². The van der Waals surface area contributed by atoms with Crippen molar-refractivity contribution in [3.63, 3.8) is 0 Å². The van der Waals surface area contributed by atoms with Crippen molar-refractivity contribution < 1.29 is 18.3 Å². The summed E-state index contributed by atoms with van der Waals surface area (Å²) in [5.41, 5.74) is 1.60. The minimum Gasteiger partial charge on any atom is -0.508 e. The predicted molar refractivity (Wildman–Crippen MR) is 130 cm³/mol. The molecule has 176 valence electrons. The topological polar surface area (TPSA) is 93.9 Å². The van der Waals surface area contributed by atoms with Gasteiger partial charge in [0.15, 0.2) is 0 Å². The molecule has 1 N–H and O–H groups in total. The number of likely N-dealkylation sites (tertiary alicyclic amines) is 1. The van der Waals surface area contributed by atoms with Crippen molar-refractivity contribution in [3.8, 4) is 17.6 Å². The summed E-state index contributed by atoms with van der Waals surface area (Å²) in [5.74, 6) is 0.795. The van der Waals surface area contributed by atoms with Crippen LogP contribution in [0.25, 0.3) is 0 Å². The van der Waals surface area contributed by atoms with Crippen molar-refractivity contribution in [3.05, 3.63) is 83.9 Å². The Morgan fingerprint density at radius 3 is 2.21 bits per heavy atom. The van der Waals surface area contributed by atoms with E-state index in [2.05, 4.69) is 4.90 Å². The van der Waals surface area contributed by atoms with Crippen LogP contribution in [0.3, 0.4) is 0 Å². The zero-order chi connectivity index (χ0) is 24.0. The van der Waals surface area contributed by atoms with Gasteiger partial charge in [-0.1, -0.05) is 12.1 Å². The zero-order valence-corrected chi connectivity index (χ0v) is 19.6. The Bertz CT molecular complexity index is 1230. The average Bonchev–Trinajstić information content (AvgIpc) is 3.38. The Morgan fingerprint density at radius 2 is 1.59 bits per heavy atom. The average molecular weight is 478 g/mol. The van der Waals surface area contributed by atoms with E-state index in [1.165, 1.54) is 53.5 Å². The van der Waals surface area contributed by atoms with Gasteiger partial charge in [-0.15, -0.1) is 0 Å². The van der Waals surface area contributed by atoms with Gasteiger partial charge in [-0.3, -0.25) is 9.21 Å². The fourth-order valence-electron chi connectivity index (χ4n) is 3.92. The number of ether oxygens (including phenoxy) is 1. The van der Waals surface area contributed by atoms with Gasteiger partial charge in [0.2, 0.25) is 0 Å². The van der Waals surface area contributed by atoms with Gasteiger partial charge in [-0.25, -0.2) is 8.42 Å². The van der Waals surface area contributed by atoms with E-state index in [1.807, 2.05) is 6.07 Å². The Balaban J connectivity index is 1.56. The Labute approximate surface area is 200 Å². The Hall–Kier alpha value is -3.54. The molecule has 1 heterocycles. The summed E-state index contributed by atoms with van der Waals surface area (Å²) in [5, 5.41) is 18.6. The van der Waals surface area contributed by atoms with Gasteiger partial charge in [-0.2, -0.15) is 5.26 Å². The highest BCUT2D eigenvalue weighted by atomic mass is 32.2. The van der Waals surface area contributed by atoms with Crippen molar-refractivity contribution in [2.24, 2.45) is 0 Å². The monoisotopic (exact) mass is 477 g/mol. The largest absolute Gasteiger partial charge is 0.508 e. The maximum atomic E-state index is 13.6. The molecule has 8 heteroatoms. The van der Waals surface area contributed by atoms with E-state index in [1.54, 1.807) is 36.4 Å². The van der Waals surface area contributed by atoms with Crippen molar-refractivity contribution in [2.75, 3.05) is 30.5 Å². The normalized spacial score (nSPS) is 14.0. The minimum absolute atomic E-state index is 0.0811. The van der Waals surface area contributed by atoms with Crippen LogP contribution in [0.1, 0.15) is 24.0 Å². The third kappa shape index (κ3) is 5.68. The number of rotatable bonds is 9. The molecule has 4 rings (SSSR count). The highest BCUT2D eigenvalue weighted by molar-refractivity contribution is 7.92. The molecular weight excluding hydrogens is 450 g/mol. The molecule has 0 aromatic heterocycles. The second-order valence-electron chi connectivity index (χ2n) is 8.21. The molecule has 3 aromatic carbocycles. The fourth-order valence-corrected chi connectivity index (χ4v) is 5.37. The molecule has 3 aromatic rings. The first kappa shape index (κ1) is 23.6. The van der Waals surface area contributed by atoms with Crippen LogP contribution >= 0.6 is 0 Å². The minimum atomic E-state index is -3.91. The number of phenols is 1. The van der Waals surface area contributed by atoms with Gasteiger partial charge in [0.1, 0.15) is 18.1 Å². The second-order valence-corrected chi connectivity index (χ2v) is 10.1. The zero-order valence-electron chi connectivity index (χ0n) is 18.8. The molecule has 0 spiro atoms. The summed E-state index contributed by atoms with van der Waals surface area (Å²) in [7, 11) is -3.91. The standard InChI is InChI=1S/C26H27N3O4S/c27-19-21-5-13-26(14-6-21)34(31,32)29(20-22-3-9-24(30)10-4-22)23-7-11-25(12-8-23)33-18-17-28-15-1-2-16-28/h3-14,30H,1-2,15-18,20H2. The van der Waals surface area contributed by atoms with Crippen LogP contribution in [0.4, 0.5) is 5.69 Å². The van der Waals surface area contributed by atoms with Crippen LogP contribution in [0.5, 0.6) is 11.5 Å². The molecule has 0 radical (unpaired) electrons. The van der Waals surface area contributed by atoms with Crippen LogP contribution in [0, 0.1) is 11.3 Å². The summed E-state index contributed by atoms with van der Waals surface area (Å²) < 4.78 is 34.3. The van der Waals surface area contributed by atoms with E-state index in [0.717, 1.165) is 25.2 Å². The van der Waals surface area contributed by atoms with Crippen LogP contribution in [-0.2, 0) is 16.6 Å². The van der Waals surface area contributed by atoms with Gasteiger partial charge < -0.3 is 9.84 Å². The third-order valence-electron chi connectivity index (χ3n) is 5.83. The quantitative estimate of drug-likeness (QED) is 0.498. The lowest BCUT2D eigenvalue weighted by Gasteiger charge is -2.25. The lowest BCUT2D eigenvalue weighted by Crippen LogP contribution is -2.30. The van der Waals surface area contributed by atoms with Gasteiger partial charge >= 0.3 is 0 Å². The number of aromatic hydroxyl groups is 1. The molecular formula is C26H27N3O4S. The van der Waals surface area contributed by atoms with Crippen molar-refractivity contribution in [1.29, 1.82) is 5.26 Å². The van der Waals surface area contributed by atoms with Gasteiger partial charge in [0, 0.05) is 6.54 Å². The van der Waals surface area contributed by atoms with Gasteiger partial charge in [0.05, 0.1) is 28.8 Å². The smallest absolute Gasteiger partial charge is 0.264 e. The lowest BCUT2D eigenvalue weighted by atomic mass is 10.2. The number of nitrogens with zero attached hydrogens (tertiary/aromatic N) is 3. The summed E-state index contributed by atoms with van der Waals surface area (Å²) >= 11 is 0. The number of hydrogen-bond donors (Lipinski definition) is 1. The van der Waals surface area contributed by atoms with Crippen molar-refractivity contribution in [2.45, 2.75) is 24.3 Å². The molecule has 1 aliphatic heterocycles. The van der Waals surface area contributed by atoms with E-state index in [4.69, 9.17) is 10.00 Å². The molecule has 1 fully saturated rings. The molecule has 34 heavy (non-hydrogen) atoms. The Morgan fingerprint density at radius 1 is 0.941 bits per heavy atom. The fraction of sp³-hybridized carbons (Fsp3) is 0.269. The maximum absolute atomic E-state index is 13.6. The van der Waals surface area contributed by atoms with Crippen molar-refractivity contribution >= 4 is 15.7 Å². The van der Waals surface area contributed by atoms with E-state index in [0.29, 0.717) is 23.6 Å². The molecule has 0 atom stereocenters. The van der Waals surface area contributed by atoms with Gasteiger partial charge in [-0.05, 0) is 92.2 Å². The maximum Gasteiger partial charge on any atom is 0.264 e. The third-order valence-corrected chi connectivity index (χ3v) is 7.62. The van der Waals surface area contributed by atoms with E-state index in [-0.39, 0.29) is 17.2 Å². The molecule has 1 saturated heterocycles. The van der Waals surface area contributed by atoms with E-state index < -0.39 is 10.0 Å². The number of anilines is 1. The SMILES string of the molecule is N#Cc1ccc(S(=O)(=O)N(Cc2ccc(O)cc2)c2ccc(OCCN3CCCC3)cc2)cc1. The summed E-state index contributed by atoms with van der Waals surface area (Å²) in [4.78, 5) is 2.47. The van der Waals surface area contributed by atoms with Crippen LogP contribution in [0.2, 0.25) is 0 Å². The second kappa shape index (κ2) is 10.6. The molecule has 0 saturated carbocycles. The molecule has 0 unspecified atom stereocenters. The summed E-state index contributed by atoms with van der Waals surface area (Å²) in [6, 6.07) is 21.3. The number of hydrogen-bond acceptors (Lipinski definition) is 6. The predicted octanol–water partition coefficient (Wildman–Crippen LogP) is 4.13. The molecule has 0 aliphatic carbocycles. The van der Waals surface area contributed by atoms with E-state index in [9.17, 15) is 13.5 Å². The first-order chi connectivity index (χ1) is 16.5. The van der Waals surface area contributed by atoms with Gasteiger partial charge in [0.25, 0.3) is 10.0 Å². The number of benzene rings is 3. The summed E-state index contributed by atoms with van der Waals surface area (Å²) in [6.07, 6.45) is 2.47. The van der Waals surface area contributed by atoms with Crippen LogP contribution < -0.4 is 9.04 Å². The highest BCUT2D eigenvalue weighted by Crippen LogP contribution is 2.28. The number of phenolic OH excluding ortho intramolecular Hbond substituents is 1. The first-order valence-corrected chi connectivity index (χ1v) is 12.7. The van der Waals surface area contributed by atoms with Crippen LogP contribution in [0.15, 0.2) is 77.7 Å². The summed E-state index contributed by atoms with van der Waals surface area (Å²) in [6.45, 7) is 3.77. The van der Waals surface area contributed by atoms with E-state index >= 15 is 0 Å². The highest BCUT2D eigenvalue weighted by Gasteiger charge is 2.25. The lowest BCUT2D eigenvalue weighted by molar-refractivity contribution is 0.238.